The van der Waals surface area contributed by atoms with Crippen LogP contribution in [0.2, 0.25) is 0 Å². The lowest BCUT2D eigenvalue weighted by molar-refractivity contribution is 0.901. The Morgan fingerprint density at radius 1 is 0.352 bits per heavy atom. The van der Waals surface area contributed by atoms with Crippen molar-refractivity contribution in [2.45, 2.75) is 12.1 Å². The van der Waals surface area contributed by atoms with Crippen LogP contribution >= 0.6 is 0 Å². The lowest BCUT2D eigenvalue weighted by atomic mass is 9.90. The van der Waals surface area contributed by atoms with Gasteiger partial charge in [0.1, 0.15) is 0 Å². The molecule has 0 heterocycles. The minimum atomic E-state index is -0.168. The van der Waals surface area contributed by atoms with Gasteiger partial charge in [0.25, 0.3) is 0 Å². The maximum Gasteiger partial charge on any atom is 0.0788 e. The molecule has 9 aromatic rings. The fourth-order valence-electron chi connectivity index (χ4n) is 7.92. The second-order valence-corrected chi connectivity index (χ2v) is 13.9. The molecular formula is C51H41N3. The Morgan fingerprint density at radius 3 is 1.39 bits per heavy atom. The molecule has 3 heteroatoms. The fourth-order valence-corrected chi connectivity index (χ4v) is 7.92. The van der Waals surface area contributed by atoms with Crippen LogP contribution in [0, 0.1) is 0 Å². The molecule has 2 unspecified atom stereocenters. The minimum absolute atomic E-state index is 0.110. The number of hydrogen-bond donors (Lipinski definition) is 2. The van der Waals surface area contributed by atoms with Crippen LogP contribution in [0.3, 0.4) is 0 Å². The number of nitrogens with zero attached hydrogens (tertiary/aromatic N) is 1. The van der Waals surface area contributed by atoms with Gasteiger partial charge in [0.15, 0.2) is 0 Å². The van der Waals surface area contributed by atoms with E-state index in [0.29, 0.717) is 0 Å². The van der Waals surface area contributed by atoms with Crippen molar-refractivity contribution >= 4 is 55.1 Å². The normalized spacial score (nSPS) is 12.4. The molecule has 0 saturated carbocycles. The van der Waals surface area contributed by atoms with Crippen molar-refractivity contribution in [1.29, 1.82) is 0 Å². The number of nitrogens with one attached hydrogen (secondary N) is 2. The van der Waals surface area contributed by atoms with Gasteiger partial charge in [-0.05, 0) is 63.2 Å². The summed E-state index contributed by atoms with van der Waals surface area (Å²) >= 11 is 0. The summed E-state index contributed by atoms with van der Waals surface area (Å²) in [6.45, 7) is 0. The van der Waals surface area contributed by atoms with Crippen molar-refractivity contribution in [3.63, 3.8) is 0 Å². The van der Waals surface area contributed by atoms with E-state index in [-0.39, 0.29) is 12.1 Å². The average Bonchev–Trinajstić information content (AvgIpc) is 3.25. The van der Waals surface area contributed by atoms with Crippen molar-refractivity contribution < 1.29 is 0 Å². The molecule has 9 aromatic carbocycles. The summed E-state index contributed by atoms with van der Waals surface area (Å²) in [5.41, 5.74) is 9.25. The van der Waals surface area contributed by atoms with E-state index in [4.69, 9.17) is 0 Å². The van der Waals surface area contributed by atoms with E-state index in [1.165, 1.54) is 54.6 Å². The zero-order valence-electron chi connectivity index (χ0n) is 30.2. The standard InChI is InChI=1S/C51H41N3/c1-54(48-32-16-26-38-19-10-13-29-44(38)48)49-34-33-41(50(39-20-4-2-5-21-39)52-46-30-14-24-36-17-8-11-27-42(36)46)35-45(49)51(40-22-6-3-7-23-40)53-47-31-15-25-37-18-9-12-28-43(37)47/h2-35,50-53H,1H3. The van der Waals surface area contributed by atoms with Gasteiger partial charge in [0.2, 0.25) is 0 Å². The predicted molar refractivity (Wildman–Crippen MR) is 230 cm³/mol. The molecule has 0 aliphatic carbocycles. The van der Waals surface area contributed by atoms with E-state index >= 15 is 0 Å². The molecule has 0 radical (unpaired) electrons. The Kier molecular flexibility index (Phi) is 8.96. The Morgan fingerprint density at radius 2 is 0.796 bits per heavy atom. The van der Waals surface area contributed by atoms with Gasteiger partial charge in [-0.1, -0.05) is 176 Å². The number of fused-ring (bicyclic) bond motifs is 3. The molecule has 0 aromatic heterocycles. The monoisotopic (exact) mass is 695 g/mol. The maximum absolute atomic E-state index is 4.07. The van der Waals surface area contributed by atoms with E-state index in [1.807, 2.05) is 0 Å². The number of anilines is 4. The minimum Gasteiger partial charge on any atom is -0.374 e. The highest BCUT2D eigenvalue weighted by Crippen LogP contribution is 2.42. The highest BCUT2D eigenvalue weighted by Gasteiger charge is 2.25. The van der Waals surface area contributed by atoms with Gasteiger partial charge < -0.3 is 15.5 Å². The van der Waals surface area contributed by atoms with Crippen molar-refractivity contribution in [3.05, 3.63) is 229 Å². The lowest BCUT2D eigenvalue weighted by Gasteiger charge is -2.31. The first-order chi connectivity index (χ1) is 26.7. The zero-order valence-corrected chi connectivity index (χ0v) is 30.2. The highest BCUT2D eigenvalue weighted by molar-refractivity contribution is 5.97. The molecule has 0 aliphatic rings. The third-order valence-corrected chi connectivity index (χ3v) is 10.6. The third kappa shape index (κ3) is 6.42. The maximum atomic E-state index is 4.07. The Hall–Kier alpha value is -6.84. The second-order valence-electron chi connectivity index (χ2n) is 13.9. The molecule has 0 saturated heterocycles. The molecule has 54 heavy (non-hydrogen) atoms. The van der Waals surface area contributed by atoms with E-state index in [1.54, 1.807) is 0 Å². The smallest absolute Gasteiger partial charge is 0.0788 e. The Balaban J connectivity index is 1.26. The van der Waals surface area contributed by atoms with Gasteiger partial charge in [-0.3, -0.25) is 0 Å². The van der Waals surface area contributed by atoms with Gasteiger partial charge >= 0.3 is 0 Å². The van der Waals surface area contributed by atoms with Gasteiger partial charge in [-0.15, -0.1) is 0 Å². The Bertz CT molecular complexity index is 2690. The molecule has 3 nitrogen and oxygen atoms in total. The van der Waals surface area contributed by atoms with Gasteiger partial charge in [0.05, 0.1) is 12.1 Å². The van der Waals surface area contributed by atoms with Crippen LogP contribution in [0.4, 0.5) is 22.7 Å². The molecule has 0 amide bonds. The van der Waals surface area contributed by atoms with Crippen LogP contribution in [-0.2, 0) is 0 Å². The van der Waals surface area contributed by atoms with Crippen LogP contribution in [0.5, 0.6) is 0 Å². The van der Waals surface area contributed by atoms with Crippen LogP contribution in [0.25, 0.3) is 32.3 Å². The molecule has 9 rings (SSSR count). The SMILES string of the molecule is CN(c1ccc(C(Nc2cccc3ccccc23)c2ccccc2)cc1C(Nc1cccc2ccccc12)c1ccccc1)c1cccc2ccccc12. The number of rotatable bonds is 10. The van der Waals surface area contributed by atoms with E-state index in [0.717, 1.165) is 22.7 Å². The molecule has 260 valence electrons. The highest BCUT2D eigenvalue weighted by atomic mass is 15.1. The molecule has 0 spiro atoms. The summed E-state index contributed by atoms with van der Waals surface area (Å²) < 4.78 is 0. The van der Waals surface area contributed by atoms with Crippen molar-refractivity contribution in [2.24, 2.45) is 0 Å². The van der Waals surface area contributed by atoms with Gasteiger partial charge in [0, 0.05) is 51.5 Å². The van der Waals surface area contributed by atoms with Gasteiger partial charge in [-0.2, -0.15) is 0 Å². The summed E-state index contributed by atoms with van der Waals surface area (Å²) in [5, 5.41) is 15.3. The molecule has 0 fully saturated rings. The van der Waals surface area contributed by atoms with Crippen molar-refractivity contribution in [1.82, 2.24) is 0 Å². The summed E-state index contributed by atoms with van der Waals surface area (Å²) in [6, 6.07) is 73.9. The molecule has 0 bridgehead atoms. The third-order valence-electron chi connectivity index (χ3n) is 10.6. The summed E-state index contributed by atoms with van der Waals surface area (Å²) in [5.74, 6) is 0. The molecule has 2 atom stereocenters. The van der Waals surface area contributed by atoms with Crippen LogP contribution < -0.4 is 15.5 Å². The summed E-state index contributed by atoms with van der Waals surface area (Å²) in [6.07, 6.45) is 0. The van der Waals surface area contributed by atoms with E-state index < -0.39 is 0 Å². The summed E-state index contributed by atoms with van der Waals surface area (Å²) in [4.78, 5) is 2.36. The first-order valence-corrected chi connectivity index (χ1v) is 18.6. The van der Waals surface area contributed by atoms with Crippen molar-refractivity contribution in [3.8, 4) is 0 Å². The van der Waals surface area contributed by atoms with E-state index in [2.05, 4.69) is 229 Å². The molecule has 2 N–H and O–H groups in total. The predicted octanol–water partition coefficient (Wildman–Crippen LogP) is 13.3. The van der Waals surface area contributed by atoms with Crippen LogP contribution in [-0.4, -0.2) is 7.05 Å². The Labute approximate surface area is 317 Å². The van der Waals surface area contributed by atoms with Gasteiger partial charge in [-0.25, -0.2) is 0 Å². The first kappa shape index (κ1) is 33.0. The zero-order chi connectivity index (χ0) is 36.3. The molecule has 0 aliphatic heterocycles. The topological polar surface area (TPSA) is 27.3 Å². The number of benzene rings is 9. The quantitative estimate of drug-likeness (QED) is 0.149. The molecular weight excluding hydrogens is 655 g/mol. The van der Waals surface area contributed by atoms with Crippen LogP contribution in [0.15, 0.2) is 206 Å². The first-order valence-electron chi connectivity index (χ1n) is 18.6. The summed E-state index contributed by atoms with van der Waals surface area (Å²) in [7, 11) is 2.20. The van der Waals surface area contributed by atoms with E-state index in [9.17, 15) is 0 Å². The van der Waals surface area contributed by atoms with Crippen molar-refractivity contribution in [2.75, 3.05) is 22.6 Å². The number of hydrogen-bond acceptors (Lipinski definition) is 3. The second kappa shape index (κ2) is 14.7. The van der Waals surface area contributed by atoms with Crippen LogP contribution in [0.1, 0.15) is 34.3 Å². The largest absolute Gasteiger partial charge is 0.374 e. The fraction of sp³-hybridized carbons (Fsp3) is 0.0588. The average molecular weight is 696 g/mol. The lowest BCUT2D eigenvalue weighted by Crippen LogP contribution is -2.20.